The summed E-state index contributed by atoms with van der Waals surface area (Å²) in [6, 6.07) is 12.4. The van der Waals surface area contributed by atoms with E-state index >= 15 is 0 Å². The summed E-state index contributed by atoms with van der Waals surface area (Å²) in [5.41, 5.74) is 12.5. The Labute approximate surface area is 127 Å². The molecule has 0 aliphatic carbocycles. The summed E-state index contributed by atoms with van der Waals surface area (Å²) < 4.78 is 5.46. The molecule has 0 aliphatic rings. The van der Waals surface area contributed by atoms with Gasteiger partial charge >= 0.3 is 0 Å². The van der Waals surface area contributed by atoms with Gasteiger partial charge in [0.15, 0.2) is 0 Å². The molecule has 0 unspecified atom stereocenters. The lowest BCUT2D eigenvalue weighted by molar-refractivity contribution is 0.100. The zero-order chi connectivity index (χ0) is 15.2. The van der Waals surface area contributed by atoms with Crippen LogP contribution in [-0.4, -0.2) is 19.1 Å². The van der Waals surface area contributed by atoms with Crippen LogP contribution in [0.4, 0.5) is 11.4 Å². The van der Waals surface area contributed by atoms with Crippen molar-refractivity contribution < 1.29 is 9.53 Å². The van der Waals surface area contributed by atoms with Crippen LogP contribution < -0.4 is 21.5 Å². The molecule has 0 radical (unpaired) electrons. The fraction of sp³-hybridized carbons (Fsp3) is 0.133. The Kier molecular flexibility index (Phi) is 5.03. The Morgan fingerprint density at radius 1 is 1.19 bits per heavy atom. The Morgan fingerprint density at radius 2 is 1.95 bits per heavy atom. The molecule has 0 spiro atoms. The van der Waals surface area contributed by atoms with Gasteiger partial charge in [0.2, 0.25) is 5.91 Å². The summed E-state index contributed by atoms with van der Waals surface area (Å²) in [5.74, 6) is 0.175. The molecule has 0 aromatic heterocycles. The largest absolute Gasteiger partial charge is 0.492 e. The molecule has 1 amide bonds. The molecule has 0 saturated heterocycles. The number of primary amides is 1. The minimum atomic E-state index is -0.552. The number of hydrogen-bond acceptors (Lipinski definition) is 4. The van der Waals surface area contributed by atoms with Gasteiger partial charge in [0.05, 0.1) is 10.6 Å². The third-order valence-corrected chi connectivity index (χ3v) is 3.06. The average molecular weight is 306 g/mol. The lowest BCUT2D eigenvalue weighted by Crippen LogP contribution is -2.11. The highest BCUT2D eigenvalue weighted by molar-refractivity contribution is 6.34. The molecule has 0 aliphatic heterocycles. The van der Waals surface area contributed by atoms with Crippen LogP contribution in [0.25, 0.3) is 0 Å². The van der Waals surface area contributed by atoms with E-state index in [-0.39, 0.29) is 0 Å². The maximum Gasteiger partial charge on any atom is 0.250 e. The number of rotatable bonds is 6. The predicted molar refractivity (Wildman–Crippen MR) is 84.2 cm³/mol. The van der Waals surface area contributed by atoms with Crippen LogP contribution >= 0.6 is 11.6 Å². The van der Waals surface area contributed by atoms with E-state index in [1.165, 1.54) is 0 Å². The molecule has 6 heteroatoms. The van der Waals surface area contributed by atoms with Crippen LogP contribution in [0.2, 0.25) is 5.02 Å². The highest BCUT2D eigenvalue weighted by atomic mass is 35.5. The number of anilines is 2. The molecule has 5 N–H and O–H groups in total. The van der Waals surface area contributed by atoms with Gasteiger partial charge in [0.25, 0.3) is 0 Å². The number of carbonyl (C=O) groups excluding carboxylic acids is 1. The summed E-state index contributed by atoms with van der Waals surface area (Å²) in [6.45, 7) is 0.921. The topological polar surface area (TPSA) is 90.4 Å². The van der Waals surface area contributed by atoms with E-state index in [0.717, 1.165) is 17.1 Å². The first-order chi connectivity index (χ1) is 10.1. The Hall–Kier alpha value is -2.24. The van der Waals surface area contributed by atoms with Gasteiger partial charge in [-0.25, -0.2) is 0 Å². The van der Waals surface area contributed by atoms with E-state index in [9.17, 15) is 4.79 Å². The van der Waals surface area contributed by atoms with Crippen LogP contribution in [0.3, 0.4) is 0 Å². The van der Waals surface area contributed by atoms with Crippen molar-refractivity contribution >= 4 is 28.9 Å². The van der Waals surface area contributed by atoms with Crippen LogP contribution in [0.1, 0.15) is 10.4 Å². The molecule has 0 bridgehead atoms. The van der Waals surface area contributed by atoms with Crippen molar-refractivity contribution in [3.63, 3.8) is 0 Å². The van der Waals surface area contributed by atoms with E-state index in [2.05, 4.69) is 5.32 Å². The standard InChI is InChI=1S/C15H16ClN3O2/c16-14-9-11(4-5-13(14)15(18)20)19-10-2-1-3-12(8-10)21-7-6-17/h1-5,8-9,19H,6-7,17H2,(H2,18,20). The van der Waals surface area contributed by atoms with Gasteiger partial charge in [-0.2, -0.15) is 0 Å². The maximum atomic E-state index is 11.1. The van der Waals surface area contributed by atoms with Crippen molar-refractivity contribution in [1.82, 2.24) is 0 Å². The molecular weight excluding hydrogens is 290 g/mol. The number of nitrogens with one attached hydrogen (secondary N) is 1. The summed E-state index contributed by atoms with van der Waals surface area (Å²) in [5, 5.41) is 3.49. The summed E-state index contributed by atoms with van der Waals surface area (Å²) in [4.78, 5) is 11.1. The van der Waals surface area contributed by atoms with E-state index < -0.39 is 5.91 Å². The first-order valence-electron chi connectivity index (χ1n) is 6.39. The third kappa shape index (κ3) is 4.11. The number of carbonyl (C=O) groups is 1. The van der Waals surface area contributed by atoms with Crippen LogP contribution in [-0.2, 0) is 0 Å². The number of nitrogens with two attached hydrogens (primary N) is 2. The van der Waals surface area contributed by atoms with E-state index in [1.807, 2.05) is 24.3 Å². The normalized spacial score (nSPS) is 10.2. The quantitative estimate of drug-likeness (QED) is 0.765. The van der Waals surface area contributed by atoms with Crippen molar-refractivity contribution in [3.8, 4) is 5.75 Å². The van der Waals surface area contributed by atoms with Crippen molar-refractivity contribution in [3.05, 3.63) is 53.1 Å². The van der Waals surface area contributed by atoms with Gasteiger partial charge in [-0.1, -0.05) is 17.7 Å². The van der Waals surface area contributed by atoms with Crippen molar-refractivity contribution in [1.29, 1.82) is 0 Å². The van der Waals surface area contributed by atoms with E-state index in [0.29, 0.717) is 23.7 Å². The number of benzene rings is 2. The lowest BCUT2D eigenvalue weighted by atomic mass is 10.2. The highest BCUT2D eigenvalue weighted by Gasteiger charge is 2.07. The van der Waals surface area contributed by atoms with Crippen molar-refractivity contribution in [2.75, 3.05) is 18.5 Å². The second kappa shape index (κ2) is 6.97. The van der Waals surface area contributed by atoms with Gasteiger partial charge in [0.1, 0.15) is 12.4 Å². The van der Waals surface area contributed by atoms with Crippen LogP contribution in [0, 0.1) is 0 Å². The highest BCUT2D eigenvalue weighted by Crippen LogP contribution is 2.25. The Morgan fingerprint density at radius 3 is 2.62 bits per heavy atom. The fourth-order valence-electron chi connectivity index (χ4n) is 1.80. The Balaban J connectivity index is 2.14. The molecule has 21 heavy (non-hydrogen) atoms. The zero-order valence-electron chi connectivity index (χ0n) is 11.3. The molecule has 2 aromatic rings. The molecular formula is C15H16ClN3O2. The third-order valence-electron chi connectivity index (χ3n) is 2.74. The maximum absolute atomic E-state index is 11.1. The van der Waals surface area contributed by atoms with Gasteiger partial charge in [0, 0.05) is 24.0 Å². The Bertz CT molecular complexity index is 647. The minimum Gasteiger partial charge on any atom is -0.492 e. The fourth-order valence-corrected chi connectivity index (χ4v) is 2.07. The number of halogens is 1. The van der Waals surface area contributed by atoms with E-state index in [1.54, 1.807) is 18.2 Å². The van der Waals surface area contributed by atoms with Gasteiger partial charge in [-0.3, -0.25) is 4.79 Å². The first-order valence-corrected chi connectivity index (χ1v) is 6.77. The van der Waals surface area contributed by atoms with Crippen molar-refractivity contribution in [2.45, 2.75) is 0 Å². The lowest BCUT2D eigenvalue weighted by Gasteiger charge is -2.10. The van der Waals surface area contributed by atoms with Crippen LogP contribution in [0.5, 0.6) is 5.75 Å². The zero-order valence-corrected chi connectivity index (χ0v) is 12.1. The summed E-state index contributed by atoms with van der Waals surface area (Å²) >= 11 is 6.01. The van der Waals surface area contributed by atoms with Gasteiger partial charge in [-0.05, 0) is 30.3 Å². The van der Waals surface area contributed by atoms with Crippen molar-refractivity contribution in [2.24, 2.45) is 11.5 Å². The predicted octanol–water partition coefficient (Wildman–Crippen LogP) is 2.52. The summed E-state index contributed by atoms with van der Waals surface area (Å²) in [7, 11) is 0. The number of ether oxygens (including phenoxy) is 1. The second-order valence-corrected chi connectivity index (χ2v) is 4.76. The number of hydrogen-bond donors (Lipinski definition) is 3. The average Bonchev–Trinajstić information content (AvgIpc) is 2.45. The number of amides is 1. The molecule has 2 rings (SSSR count). The van der Waals surface area contributed by atoms with Gasteiger partial charge in [-0.15, -0.1) is 0 Å². The molecule has 5 nitrogen and oxygen atoms in total. The second-order valence-electron chi connectivity index (χ2n) is 4.35. The van der Waals surface area contributed by atoms with Gasteiger partial charge < -0.3 is 21.5 Å². The SMILES string of the molecule is NCCOc1cccc(Nc2ccc(C(N)=O)c(Cl)c2)c1. The first kappa shape index (κ1) is 15.2. The van der Waals surface area contributed by atoms with Crippen LogP contribution in [0.15, 0.2) is 42.5 Å². The molecule has 0 atom stereocenters. The van der Waals surface area contributed by atoms with E-state index in [4.69, 9.17) is 27.8 Å². The molecule has 2 aromatic carbocycles. The minimum absolute atomic E-state index is 0.294. The molecule has 110 valence electrons. The monoisotopic (exact) mass is 305 g/mol. The molecule has 0 heterocycles. The smallest absolute Gasteiger partial charge is 0.250 e. The summed E-state index contributed by atoms with van der Waals surface area (Å²) in [6.07, 6.45) is 0. The molecule has 0 saturated carbocycles. The molecule has 0 fully saturated rings.